The van der Waals surface area contributed by atoms with E-state index in [9.17, 15) is 4.79 Å². The topological polar surface area (TPSA) is 72.9 Å². The van der Waals surface area contributed by atoms with Crippen LogP contribution in [0.15, 0.2) is 12.3 Å². The average Bonchev–Trinajstić information content (AvgIpc) is 2.58. The zero-order valence-electron chi connectivity index (χ0n) is 10.7. The van der Waals surface area contributed by atoms with Gasteiger partial charge >= 0.3 is 0 Å². The summed E-state index contributed by atoms with van der Waals surface area (Å²) in [5.74, 6) is -0.131. The molecule has 1 heterocycles. The van der Waals surface area contributed by atoms with Gasteiger partial charge in [0.15, 0.2) is 0 Å². The molecular formula is C11H21ClN4O. The third kappa shape index (κ3) is 4.36. The molecule has 6 heteroatoms. The van der Waals surface area contributed by atoms with Crippen molar-refractivity contribution in [3.05, 3.63) is 18.0 Å². The molecule has 1 aromatic rings. The summed E-state index contributed by atoms with van der Waals surface area (Å²) in [6, 6.07) is 1.36. The van der Waals surface area contributed by atoms with Crippen molar-refractivity contribution >= 4 is 18.3 Å². The number of hydrogen-bond acceptors (Lipinski definition) is 3. The summed E-state index contributed by atoms with van der Waals surface area (Å²) in [5, 5.41) is 6.83. The van der Waals surface area contributed by atoms with Crippen molar-refractivity contribution in [3.63, 3.8) is 0 Å². The number of nitrogens with two attached hydrogens (primary N) is 1. The van der Waals surface area contributed by atoms with Gasteiger partial charge in [-0.15, -0.1) is 12.4 Å². The van der Waals surface area contributed by atoms with E-state index in [-0.39, 0.29) is 23.7 Å². The van der Waals surface area contributed by atoms with Crippen molar-refractivity contribution in [3.8, 4) is 0 Å². The van der Waals surface area contributed by atoms with Crippen LogP contribution in [0.4, 0.5) is 0 Å². The van der Waals surface area contributed by atoms with E-state index in [2.05, 4.69) is 10.4 Å². The molecule has 0 aliphatic heterocycles. The Balaban J connectivity index is 0.00000256. The maximum absolute atomic E-state index is 11.7. The number of nitrogens with one attached hydrogen (secondary N) is 1. The van der Waals surface area contributed by atoms with E-state index in [0.717, 1.165) is 5.69 Å². The average molecular weight is 261 g/mol. The summed E-state index contributed by atoms with van der Waals surface area (Å²) in [6.07, 6.45) is 1.70. The lowest BCUT2D eigenvalue weighted by Gasteiger charge is -2.25. The highest BCUT2D eigenvalue weighted by Gasteiger charge is 2.27. The van der Waals surface area contributed by atoms with Crippen LogP contribution in [0, 0.1) is 5.41 Å². The molecular weight excluding hydrogens is 240 g/mol. The lowest BCUT2D eigenvalue weighted by Crippen LogP contribution is -2.48. The molecule has 0 bridgehead atoms. The molecule has 98 valence electrons. The van der Waals surface area contributed by atoms with Gasteiger partial charge in [-0.3, -0.25) is 9.48 Å². The van der Waals surface area contributed by atoms with Crippen LogP contribution in [0.5, 0.6) is 0 Å². The van der Waals surface area contributed by atoms with Crippen molar-refractivity contribution < 1.29 is 4.79 Å². The van der Waals surface area contributed by atoms with Crippen LogP contribution in [0.2, 0.25) is 0 Å². The van der Waals surface area contributed by atoms with E-state index in [1.807, 2.05) is 33.9 Å². The molecule has 0 saturated carbocycles. The second-order valence-electron chi connectivity index (χ2n) is 5.01. The summed E-state index contributed by atoms with van der Waals surface area (Å²) in [4.78, 5) is 11.7. The monoisotopic (exact) mass is 260 g/mol. The molecule has 0 unspecified atom stereocenters. The van der Waals surface area contributed by atoms with Crippen molar-refractivity contribution in [2.24, 2.45) is 18.2 Å². The number of halogens is 1. The van der Waals surface area contributed by atoms with E-state index >= 15 is 0 Å². The quantitative estimate of drug-likeness (QED) is 0.846. The number of carbonyl (C=O) groups is 1. The number of rotatable bonds is 3. The molecule has 1 rings (SSSR count). The van der Waals surface area contributed by atoms with Crippen molar-refractivity contribution in [2.75, 3.05) is 0 Å². The minimum Gasteiger partial charge on any atom is -0.349 e. The van der Waals surface area contributed by atoms with Crippen molar-refractivity contribution in [1.29, 1.82) is 0 Å². The summed E-state index contributed by atoms with van der Waals surface area (Å²) >= 11 is 0. The van der Waals surface area contributed by atoms with Gasteiger partial charge in [-0.25, -0.2) is 0 Å². The molecule has 1 aromatic heterocycles. The summed E-state index contributed by atoms with van der Waals surface area (Å²) in [6.45, 7) is 6.29. The maximum atomic E-state index is 11.7. The number of aromatic nitrogens is 2. The molecule has 3 N–H and O–H groups in total. The molecule has 1 atom stereocenters. The molecule has 0 spiro atoms. The SMILES string of the molecule is Cl.Cn1nccc1CNC(=O)[C@@H](N)C(C)(C)C. The third-order valence-corrected chi connectivity index (χ3v) is 2.58. The third-order valence-electron chi connectivity index (χ3n) is 2.58. The second kappa shape index (κ2) is 6.02. The summed E-state index contributed by atoms with van der Waals surface area (Å²) in [7, 11) is 1.84. The highest BCUT2D eigenvalue weighted by molar-refractivity contribution is 5.85. The van der Waals surface area contributed by atoms with Crippen molar-refractivity contribution in [2.45, 2.75) is 33.4 Å². The lowest BCUT2D eigenvalue weighted by molar-refractivity contribution is -0.124. The predicted molar refractivity (Wildman–Crippen MR) is 69.7 cm³/mol. The molecule has 0 aromatic carbocycles. The lowest BCUT2D eigenvalue weighted by atomic mass is 9.87. The first-order valence-electron chi connectivity index (χ1n) is 5.32. The zero-order chi connectivity index (χ0) is 12.3. The van der Waals surface area contributed by atoms with E-state index in [4.69, 9.17) is 5.73 Å². The molecule has 0 fully saturated rings. The van der Waals surface area contributed by atoms with Gasteiger partial charge in [0.25, 0.3) is 0 Å². The van der Waals surface area contributed by atoms with Gasteiger partial charge in [-0.05, 0) is 11.5 Å². The Kier molecular flexibility index (Phi) is 5.64. The number of hydrogen-bond donors (Lipinski definition) is 2. The first-order valence-corrected chi connectivity index (χ1v) is 5.32. The highest BCUT2D eigenvalue weighted by Crippen LogP contribution is 2.17. The fraction of sp³-hybridized carbons (Fsp3) is 0.636. The first-order chi connectivity index (χ1) is 7.32. The van der Waals surface area contributed by atoms with E-state index in [1.54, 1.807) is 10.9 Å². The minimum atomic E-state index is -0.499. The van der Waals surface area contributed by atoms with Crippen LogP contribution >= 0.6 is 12.4 Å². The van der Waals surface area contributed by atoms with Gasteiger partial charge in [0, 0.05) is 13.2 Å². The fourth-order valence-corrected chi connectivity index (χ4v) is 1.26. The highest BCUT2D eigenvalue weighted by atomic mass is 35.5. The second-order valence-corrected chi connectivity index (χ2v) is 5.01. The smallest absolute Gasteiger partial charge is 0.237 e. The van der Waals surface area contributed by atoms with Crippen LogP contribution in [-0.2, 0) is 18.4 Å². The molecule has 5 nitrogen and oxygen atoms in total. The standard InChI is InChI=1S/C11H20N4O.ClH/c1-11(2,3)9(12)10(16)13-7-8-5-6-14-15(8)4;/h5-6,9H,7,12H2,1-4H3,(H,13,16);1H/t9-;/m1./s1. The number of carbonyl (C=O) groups excluding carboxylic acids is 1. The normalized spacial score (nSPS) is 12.8. The van der Waals surface area contributed by atoms with Gasteiger partial charge in [0.1, 0.15) is 0 Å². The van der Waals surface area contributed by atoms with Crippen LogP contribution in [0.25, 0.3) is 0 Å². The Hall–Kier alpha value is -1.07. The fourth-order valence-electron chi connectivity index (χ4n) is 1.26. The number of aryl methyl sites for hydroxylation is 1. The van der Waals surface area contributed by atoms with E-state index in [1.165, 1.54) is 0 Å². The molecule has 0 saturated heterocycles. The number of nitrogens with zero attached hydrogens (tertiary/aromatic N) is 2. The Morgan fingerprint density at radius 3 is 2.59 bits per heavy atom. The summed E-state index contributed by atoms with van der Waals surface area (Å²) in [5.41, 5.74) is 6.56. The Morgan fingerprint density at radius 1 is 1.59 bits per heavy atom. The van der Waals surface area contributed by atoms with Gasteiger partial charge in [-0.2, -0.15) is 5.10 Å². The summed E-state index contributed by atoms with van der Waals surface area (Å²) < 4.78 is 1.73. The molecule has 0 radical (unpaired) electrons. The van der Waals surface area contributed by atoms with E-state index < -0.39 is 6.04 Å². The van der Waals surface area contributed by atoms with Crippen LogP contribution in [0.1, 0.15) is 26.5 Å². The van der Waals surface area contributed by atoms with Gasteiger partial charge in [0.2, 0.25) is 5.91 Å². The molecule has 0 aliphatic rings. The Bertz CT molecular complexity index is 370. The maximum Gasteiger partial charge on any atom is 0.237 e. The van der Waals surface area contributed by atoms with Crippen LogP contribution in [-0.4, -0.2) is 21.7 Å². The molecule has 17 heavy (non-hydrogen) atoms. The largest absolute Gasteiger partial charge is 0.349 e. The predicted octanol–water partition coefficient (Wildman–Crippen LogP) is 0.831. The Labute approximate surface area is 108 Å². The van der Waals surface area contributed by atoms with Gasteiger partial charge < -0.3 is 11.1 Å². The van der Waals surface area contributed by atoms with Gasteiger partial charge in [0.05, 0.1) is 18.3 Å². The molecule has 1 amide bonds. The van der Waals surface area contributed by atoms with Crippen LogP contribution < -0.4 is 11.1 Å². The van der Waals surface area contributed by atoms with Crippen LogP contribution in [0.3, 0.4) is 0 Å². The zero-order valence-corrected chi connectivity index (χ0v) is 11.5. The minimum absolute atomic E-state index is 0. The van der Waals surface area contributed by atoms with Gasteiger partial charge in [-0.1, -0.05) is 20.8 Å². The Morgan fingerprint density at radius 2 is 2.18 bits per heavy atom. The first kappa shape index (κ1) is 15.9. The van der Waals surface area contributed by atoms with Crippen molar-refractivity contribution in [1.82, 2.24) is 15.1 Å². The molecule has 0 aliphatic carbocycles. The number of amides is 1. The van der Waals surface area contributed by atoms with E-state index in [0.29, 0.717) is 6.54 Å².